The Morgan fingerprint density at radius 3 is 2.65 bits per heavy atom. The van der Waals surface area contributed by atoms with Gasteiger partial charge in [0.05, 0.1) is 5.57 Å². The predicted octanol–water partition coefficient (Wildman–Crippen LogP) is 3.05. The number of hydrogen-bond donors (Lipinski definition) is 2. The van der Waals surface area contributed by atoms with Crippen LogP contribution in [0.3, 0.4) is 0 Å². The highest BCUT2D eigenvalue weighted by atomic mass is 32.1. The number of carboxylic acids is 1. The van der Waals surface area contributed by atoms with Crippen molar-refractivity contribution in [3.63, 3.8) is 0 Å². The van der Waals surface area contributed by atoms with Crippen molar-refractivity contribution in [3.8, 4) is 0 Å². The molecule has 4 heteroatoms. The molecule has 0 aliphatic heterocycles. The molecule has 0 saturated heterocycles. The maximum Gasteiger partial charge on any atom is 0.332 e. The monoisotopic (exact) mass is 287 g/mol. The van der Waals surface area contributed by atoms with E-state index in [-0.39, 0.29) is 0 Å². The summed E-state index contributed by atoms with van der Waals surface area (Å²) in [6.45, 7) is 1.14. The van der Waals surface area contributed by atoms with Crippen LogP contribution in [0.5, 0.6) is 0 Å². The molecule has 0 radical (unpaired) electrons. The van der Waals surface area contributed by atoms with E-state index < -0.39 is 5.97 Å². The molecule has 104 valence electrons. The molecule has 0 fully saturated rings. The van der Waals surface area contributed by atoms with Crippen molar-refractivity contribution < 1.29 is 9.90 Å². The van der Waals surface area contributed by atoms with Crippen molar-refractivity contribution in [1.82, 2.24) is 5.32 Å². The van der Waals surface area contributed by atoms with Crippen molar-refractivity contribution in [2.45, 2.75) is 6.42 Å². The second-order valence-electron chi connectivity index (χ2n) is 4.40. The van der Waals surface area contributed by atoms with Crippen LogP contribution in [0.2, 0.25) is 0 Å². The van der Waals surface area contributed by atoms with Crippen LogP contribution in [0.15, 0.2) is 53.4 Å². The van der Waals surface area contributed by atoms with Gasteiger partial charge in [0.1, 0.15) is 0 Å². The molecule has 2 aromatic rings. The number of carboxylic acid groups (broad SMARTS) is 1. The Morgan fingerprint density at radius 1 is 1.20 bits per heavy atom. The van der Waals surface area contributed by atoms with Crippen LogP contribution in [0, 0.1) is 0 Å². The molecule has 0 aliphatic carbocycles. The molecule has 1 heterocycles. The normalized spacial score (nSPS) is 11.5. The minimum Gasteiger partial charge on any atom is -0.478 e. The van der Waals surface area contributed by atoms with Gasteiger partial charge in [-0.15, -0.1) is 11.3 Å². The first-order valence-electron chi connectivity index (χ1n) is 6.48. The number of carbonyl (C=O) groups is 1. The molecule has 0 unspecified atom stereocenters. The quantitative estimate of drug-likeness (QED) is 0.608. The van der Waals surface area contributed by atoms with Gasteiger partial charge in [-0.25, -0.2) is 4.79 Å². The van der Waals surface area contributed by atoms with Gasteiger partial charge in [-0.2, -0.15) is 0 Å². The maximum atomic E-state index is 11.2. The highest BCUT2D eigenvalue weighted by molar-refractivity contribution is 7.10. The van der Waals surface area contributed by atoms with Crippen LogP contribution >= 0.6 is 11.3 Å². The topological polar surface area (TPSA) is 49.3 Å². The Hall–Kier alpha value is -1.91. The van der Waals surface area contributed by atoms with E-state index in [9.17, 15) is 9.90 Å². The molecule has 1 aromatic heterocycles. The van der Waals surface area contributed by atoms with Gasteiger partial charge in [0.25, 0.3) is 0 Å². The van der Waals surface area contributed by atoms with E-state index in [1.807, 2.05) is 35.7 Å². The number of nitrogens with one attached hydrogen (secondary N) is 1. The molecule has 0 atom stereocenters. The van der Waals surface area contributed by atoms with Gasteiger partial charge < -0.3 is 10.4 Å². The lowest BCUT2D eigenvalue weighted by atomic mass is 10.1. The van der Waals surface area contributed by atoms with E-state index in [2.05, 4.69) is 17.4 Å². The first-order valence-corrected chi connectivity index (χ1v) is 7.35. The van der Waals surface area contributed by atoms with Crippen LogP contribution in [0.25, 0.3) is 6.08 Å². The average molecular weight is 287 g/mol. The van der Waals surface area contributed by atoms with Crippen LogP contribution in [0.4, 0.5) is 0 Å². The molecule has 20 heavy (non-hydrogen) atoms. The van der Waals surface area contributed by atoms with Crippen molar-refractivity contribution in [2.24, 2.45) is 0 Å². The summed E-state index contributed by atoms with van der Waals surface area (Å²) in [6.07, 6.45) is 2.62. The van der Waals surface area contributed by atoms with E-state index >= 15 is 0 Å². The lowest BCUT2D eigenvalue weighted by Gasteiger charge is -2.05. The molecule has 2 rings (SSSR count). The average Bonchev–Trinajstić information content (AvgIpc) is 2.96. The van der Waals surface area contributed by atoms with Gasteiger partial charge >= 0.3 is 5.97 Å². The summed E-state index contributed by atoms with van der Waals surface area (Å²) in [6, 6.07) is 14.0. The molecule has 3 nitrogen and oxygen atoms in total. The van der Waals surface area contributed by atoms with Crippen LogP contribution in [-0.4, -0.2) is 24.2 Å². The van der Waals surface area contributed by atoms with Crippen LogP contribution in [0.1, 0.15) is 10.4 Å². The number of benzene rings is 1. The third-order valence-electron chi connectivity index (χ3n) is 2.88. The summed E-state index contributed by atoms with van der Waals surface area (Å²) in [5, 5.41) is 14.3. The fourth-order valence-electron chi connectivity index (χ4n) is 1.83. The minimum absolute atomic E-state index is 0.375. The zero-order valence-electron chi connectivity index (χ0n) is 11.1. The molecule has 2 N–H and O–H groups in total. The minimum atomic E-state index is -0.870. The lowest BCUT2D eigenvalue weighted by Crippen LogP contribution is -2.23. The van der Waals surface area contributed by atoms with Crippen molar-refractivity contribution in [3.05, 3.63) is 63.9 Å². The van der Waals surface area contributed by atoms with E-state index in [1.165, 1.54) is 16.9 Å². The summed E-state index contributed by atoms with van der Waals surface area (Å²) in [5.41, 5.74) is 1.64. The molecule has 0 bridgehead atoms. The molecule has 0 spiro atoms. The number of aliphatic carboxylic acids is 1. The fraction of sp³-hybridized carbons (Fsp3) is 0.188. The van der Waals surface area contributed by atoms with Crippen molar-refractivity contribution >= 4 is 23.4 Å². The Kier molecular flexibility index (Phi) is 5.53. The summed E-state index contributed by atoms with van der Waals surface area (Å²) < 4.78 is 0. The van der Waals surface area contributed by atoms with Gasteiger partial charge in [-0.05, 0) is 36.1 Å². The number of thiophene rings is 1. The zero-order valence-corrected chi connectivity index (χ0v) is 11.9. The molecule has 0 saturated carbocycles. The summed E-state index contributed by atoms with van der Waals surface area (Å²) in [4.78, 5) is 12.2. The summed E-state index contributed by atoms with van der Waals surface area (Å²) in [5.74, 6) is -0.870. The standard InChI is InChI=1S/C16H17NO2S/c18-16(19)14(11-15-7-4-10-20-15)12-17-9-8-13-5-2-1-3-6-13/h1-7,10-11,17H,8-9,12H2,(H,18,19). The molecule has 0 amide bonds. The Labute approximate surface area is 122 Å². The van der Waals surface area contributed by atoms with Gasteiger partial charge in [0.2, 0.25) is 0 Å². The SMILES string of the molecule is O=C(O)C(=Cc1cccs1)CNCCc1ccccc1. The Balaban J connectivity index is 1.83. The fourth-order valence-corrected chi connectivity index (χ4v) is 2.52. The Morgan fingerprint density at radius 2 is 2.00 bits per heavy atom. The van der Waals surface area contributed by atoms with E-state index in [1.54, 1.807) is 6.08 Å². The third kappa shape index (κ3) is 4.64. The predicted molar refractivity (Wildman–Crippen MR) is 82.9 cm³/mol. The van der Waals surface area contributed by atoms with Gasteiger partial charge in [0.15, 0.2) is 0 Å². The molecular weight excluding hydrogens is 270 g/mol. The number of hydrogen-bond acceptors (Lipinski definition) is 3. The number of rotatable bonds is 7. The highest BCUT2D eigenvalue weighted by Crippen LogP contribution is 2.13. The highest BCUT2D eigenvalue weighted by Gasteiger charge is 2.07. The zero-order chi connectivity index (χ0) is 14.2. The van der Waals surface area contributed by atoms with Gasteiger partial charge in [-0.1, -0.05) is 36.4 Å². The van der Waals surface area contributed by atoms with E-state index in [0.717, 1.165) is 17.8 Å². The van der Waals surface area contributed by atoms with Crippen LogP contribution in [-0.2, 0) is 11.2 Å². The molecular formula is C16H17NO2S. The maximum absolute atomic E-state index is 11.2. The van der Waals surface area contributed by atoms with Crippen molar-refractivity contribution in [1.29, 1.82) is 0 Å². The largest absolute Gasteiger partial charge is 0.478 e. The van der Waals surface area contributed by atoms with Crippen LogP contribution < -0.4 is 5.32 Å². The third-order valence-corrected chi connectivity index (χ3v) is 3.70. The summed E-state index contributed by atoms with van der Waals surface area (Å²) >= 11 is 1.54. The van der Waals surface area contributed by atoms with Crippen molar-refractivity contribution in [2.75, 3.05) is 13.1 Å². The lowest BCUT2D eigenvalue weighted by molar-refractivity contribution is -0.132. The smallest absolute Gasteiger partial charge is 0.332 e. The first kappa shape index (κ1) is 14.5. The van der Waals surface area contributed by atoms with E-state index in [0.29, 0.717) is 12.1 Å². The molecule has 0 aliphatic rings. The van der Waals surface area contributed by atoms with Gasteiger partial charge in [0, 0.05) is 11.4 Å². The Bertz CT molecular complexity index is 561. The summed E-state index contributed by atoms with van der Waals surface area (Å²) in [7, 11) is 0. The first-order chi connectivity index (χ1) is 9.75. The van der Waals surface area contributed by atoms with Gasteiger partial charge in [-0.3, -0.25) is 0 Å². The second kappa shape index (κ2) is 7.62. The second-order valence-corrected chi connectivity index (χ2v) is 5.38. The van der Waals surface area contributed by atoms with E-state index in [4.69, 9.17) is 0 Å². The molecule has 1 aromatic carbocycles.